The number of carbonyl (C=O) groups excluding carboxylic acids is 2. The van der Waals surface area contributed by atoms with Gasteiger partial charge in [-0.3, -0.25) is 14.5 Å². The molecule has 40 heavy (non-hydrogen) atoms. The van der Waals surface area contributed by atoms with Crippen LogP contribution in [0.25, 0.3) is 11.1 Å². The van der Waals surface area contributed by atoms with Gasteiger partial charge in [0.2, 0.25) is 11.8 Å². The van der Waals surface area contributed by atoms with E-state index in [1.807, 2.05) is 19.9 Å². The lowest BCUT2D eigenvalue weighted by molar-refractivity contribution is -0.118. The van der Waals surface area contributed by atoms with Crippen molar-refractivity contribution in [2.75, 3.05) is 37.7 Å². The Hall–Kier alpha value is -3.91. The van der Waals surface area contributed by atoms with E-state index in [1.54, 1.807) is 35.2 Å². The van der Waals surface area contributed by atoms with Gasteiger partial charge in [-0.2, -0.15) is 0 Å². The Balaban J connectivity index is 1.30. The maximum atomic E-state index is 13.6. The fourth-order valence-electron chi connectivity index (χ4n) is 5.91. The number of nitrogens with zero attached hydrogens (tertiary/aromatic N) is 2. The van der Waals surface area contributed by atoms with Crippen molar-refractivity contribution in [3.63, 3.8) is 0 Å². The summed E-state index contributed by atoms with van der Waals surface area (Å²) in [7, 11) is 0. The van der Waals surface area contributed by atoms with Gasteiger partial charge in [0.1, 0.15) is 17.3 Å². The van der Waals surface area contributed by atoms with E-state index < -0.39 is 5.91 Å². The van der Waals surface area contributed by atoms with Crippen molar-refractivity contribution in [2.45, 2.75) is 39.7 Å². The van der Waals surface area contributed by atoms with E-state index in [4.69, 9.17) is 15.2 Å². The molecule has 0 bridgehead atoms. The lowest BCUT2D eigenvalue weighted by Crippen LogP contribution is -2.41. The molecular formula is C32H36FN3O4. The number of nitrogens with two attached hydrogens (primary N) is 1. The van der Waals surface area contributed by atoms with E-state index in [0.29, 0.717) is 31.7 Å². The van der Waals surface area contributed by atoms with Gasteiger partial charge in [-0.15, -0.1) is 0 Å². The Morgan fingerprint density at radius 3 is 2.23 bits per heavy atom. The monoisotopic (exact) mass is 545 g/mol. The third-order valence-electron chi connectivity index (χ3n) is 7.94. The molecular weight excluding hydrogens is 509 g/mol. The minimum absolute atomic E-state index is 0.0737. The Morgan fingerprint density at radius 2 is 1.62 bits per heavy atom. The van der Waals surface area contributed by atoms with E-state index in [9.17, 15) is 14.0 Å². The summed E-state index contributed by atoms with van der Waals surface area (Å²) in [5.41, 5.74) is 9.27. The van der Waals surface area contributed by atoms with Crippen LogP contribution in [0, 0.1) is 11.2 Å². The lowest BCUT2D eigenvalue weighted by Gasteiger charge is -2.39. The molecule has 1 spiro atoms. The van der Waals surface area contributed by atoms with E-state index in [2.05, 4.69) is 17.0 Å². The number of amides is 2. The molecule has 2 amide bonds. The fourth-order valence-corrected chi connectivity index (χ4v) is 5.91. The highest BCUT2D eigenvalue weighted by Crippen LogP contribution is 2.44. The zero-order chi connectivity index (χ0) is 28.3. The Morgan fingerprint density at radius 1 is 0.975 bits per heavy atom. The number of hydrogen-bond donors (Lipinski definition) is 1. The van der Waals surface area contributed by atoms with Crippen LogP contribution in [-0.2, 0) is 11.3 Å². The molecule has 0 radical (unpaired) electrons. The molecule has 0 aromatic heterocycles. The van der Waals surface area contributed by atoms with E-state index in [1.165, 1.54) is 12.1 Å². The SMILES string of the molecule is CCOc1cc(CN2CCC3(CC2)CC(=O)N(c2cccc(C(N)=O)c2)C3)cc(OCC)c1-c1ccc(F)cc1. The second-order valence-corrected chi connectivity index (χ2v) is 10.7. The maximum Gasteiger partial charge on any atom is 0.248 e. The fraction of sp³-hybridized carbons (Fsp3) is 0.375. The summed E-state index contributed by atoms with van der Waals surface area (Å²) < 4.78 is 25.7. The molecule has 0 saturated carbocycles. The van der Waals surface area contributed by atoms with Gasteiger partial charge in [0.25, 0.3) is 0 Å². The second-order valence-electron chi connectivity index (χ2n) is 10.7. The quantitative estimate of drug-likeness (QED) is 0.389. The van der Waals surface area contributed by atoms with Gasteiger partial charge in [-0.25, -0.2) is 4.39 Å². The average Bonchev–Trinajstić information content (AvgIpc) is 3.27. The number of benzene rings is 3. The number of hydrogen-bond acceptors (Lipinski definition) is 5. The molecule has 2 fully saturated rings. The van der Waals surface area contributed by atoms with Gasteiger partial charge >= 0.3 is 0 Å². The number of carbonyl (C=O) groups is 2. The normalized spacial score (nSPS) is 16.9. The van der Waals surface area contributed by atoms with Crippen molar-refractivity contribution in [3.05, 3.63) is 77.6 Å². The highest BCUT2D eigenvalue weighted by molar-refractivity contribution is 5.99. The smallest absolute Gasteiger partial charge is 0.248 e. The number of ether oxygens (including phenoxy) is 2. The first kappa shape index (κ1) is 27.6. The van der Waals surface area contributed by atoms with Crippen molar-refractivity contribution in [2.24, 2.45) is 11.1 Å². The lowest BCUT2D eigenvalue weighted by atomic mass is 9.77. The van der Waals surface area contributed by atoms with Crippen molar-refractivity contribution in [3.8, 4) is 22.6 Å². The molecule has 2 saturated heterocycles. The van der Waals surface area contributed by atoms with Gasteiger partial charge in [-0.1, -0.05) is 18.2 Å². The third-order valence-corrected chi connectivity index (χ3v) is 7.94. The molecule has 0 aliphatic carbocycles. The third kappa shape index (κ3) is 5.82. The molecule has 210 valence electrons. The molecule has 0 unspecified atom stereocenters. The molecule has 2 aliphatic heterocycles. The Kier molecular flexibility index (Phi) is 8.07. The van der Waals surface area contributed by atoms with Crippen molar-refractivity contribution >= 4 is 17.5 Å². The number of halogens is 1. The van der Waals surface area contributed by atoms with Crippen LogP contribution in [0.5, 0.6) is 11.5 Å². The average molecular weight is 546 g/mol. The molecule has 5 rings (SSSR count). The number of anilines is 1. The number of primary amides is 1. The predicted molar refractivity (Wildman–Crippen MR) is 153 cm³/mol. The van der Waals surface area contributed by atoms with Gasteiger partial charge in [0.05, 0.1) is 18.8 Å². The Labute approximate surface area is 234 Å². The van der Waals surface area contributed by atoms with E-state index >= 15 is 0 Å². The minimum Gasteiger partial charge on any atom is -0.493 e. The van der Waals surface area contributed by atoms with Gasteiger partial charge in [0, 0.05) is 30.8 Å². The van der Waals surface area contributed by atoms with Crippen LogP contribution >= 0.6 is 0 Å². The Bertz CT molecular complexity index is 1360. The summed E-state index contributed by atoms with van der Waals surface area (Å²) >= 11 is 0. The number of likely N-dealkylation sites (tertiary alicyclic amines) is 1. The summed E-state index contributed by atoms with van der Waals surface area (Å²) in [5, 5.41) is 0. The van der Waals surface area contributed by atoms with Gasteiger partial charge in [-0.05, 0) is 98.8 Å². The molecule has 7 nitrogen and oxygen atoms in total. The van der Waals surface area contributed by atoms with Crippen molar-refractivity contribution in [1.29, 1.82) is 0 Å². The molecule has 2 aliphatic rings. The summed E-state index contributed by atoms with van der Waals surface area (Å²) in [6.07, 6.45) is 2.33. The second kappa shape index (κ2) is 11.7. The standard InChI is InChI=1S/C32H36FN3O4/c1-3-39-27-16-22(17-28(40-4-2)30(27)23-8-10-25(33)11-9-23)20-35-14-12-32(13-15-35)19-29(37)36(21-32)26-7-5-6-24(18-26)31(34)38/h5-11,16-18H,3-4,12-15,19-21H2,1-2H3,(H2,34,38). The van der Waals surface area contributed by atoms with E-state index in [0.717, 1.165) is 66.4 Å². The summed E-state index contributed by atoms with van der Waals surface area (Å²) in [6, 6.07) is 17.5. The predicted octanol–water partition coefficient (Wildman–Crippen LogP) is 5.41. The zero-order valence-corrected chi connectivity index (χ0v) is 23.1. The topological polar surface area (TPSA) is 85.1 Å². The maximum absolute atomic E-state index is 13.6. The van der Waals surface area contributed by atoms with Gasteiger partial charge in [0.15, 0.2) is 0 Å². The first-order valence-electron chi connectivity index (χ1n) is 13.9. The molecule has 8 heteroatoms. The zero-order valence-electron chi connectivity index (χ0n) is 23.1. The van der Waals surface area contributed by atoms with Crippen LogP contribution in [0.15, 0.2) is 60.7 Å². The van der Waals surface area contributed by atoms with Crippen LogP contribution < -0.4 is 20.1 Å². The first-order chi connectivity index (χ1) is 19.3. The highest BCUT2D eigenvalue weighted by Gasteiger charge is 2.45. The molecule has 3 aromatic rings. The number of rotatable bonds is 9. The number of piperidine rings is 1. The molecule has 2 heterocycles. The summed E-state index contributed by atoms with van der Waals surface area (Å²) in [4.78, 5) is 28.9. The minimum atomic E-state index is -0.498. The van der Waals surface area contributed by atoms with Crippen LogP contribution in [0.1, 0.15) is 49.0 Å². The molecule has 2 N–H and O–H groups in total. The van der Waals surface area contributed by atoms with Crippen LogP contribution in [0.2, 0.25) is 0 Å². The van der Waals surface area contributed by atoms with Crippen LogP contribution in [0.3, 0.4) is 0 Å². The van der Waals surface area contributed by atoms with Crippen LogP contribution in [-0.4, -0.2) is 49.6 Å². The van der Waals surface area contributed by atoms with Gasteiger partial charge < -0.3 is 20.1 Å². The molecule has 0 atom stereocenters. The highest BCUT2D eigenvalue weighted by atomic mass is 19.1. The summed E-state index contributed by atoms with van der Waals surface area (Å²) in [5.74, 6) is 0.749. The largest absolute Gasteiger partial charge is 0.493 e. The van der Waals surface area contributed by atoms with Crippen molar-refractivity contribution in [1.82, 2.24) is 4.90 Å². The molecule has 3 aromatic carbocycles. The summed E-state index contributed by atoms with van der Waals surface area (Å²) in [6.45, 7) is 8.02. The van der Waals surface area contributed by atoms with E-state index in [-0.39, 0.29) is 17.1 Å². The van der Waals surface area contributed by atoms with Crippen LogP contribution in [0.4, 0.5) is 10.1 Å². The first-order valence-corrected chi connectivity index (χ1v) is 13.9. The van der Waals surface area contributed by atoms with Crippen molar-refractivity contribution < 1.29 is 23.5 Å².